The maximum Gasteiger partial charge on any atom is 0.296 e. The summed E-state index contributed by atoms with van der Waals surface area (Å²) in [5.41, 5.74) is 0.573. The molecule has 5 nitrogen and oxygen atoms in total. The minimum absolute atomic E-state index is 0.275. The lowest BCUT2D eigenvalue weighted by Gasteiger charge is -2.04. The Labute approximate surface area is 129 Å². The van der Waals surface area contributed by atoms with E-state index in [1.807, 2.05) is 0 Å². The molecule has 8 heteroatoms. The second-order valence-corrected chi connectivity index (χ2v) is 5.34. The minimum Gasteiger partial charge on any atom is -0.265 e. The van der Waals surface area contributed by atoms with Gasteiger partial charge in [0.25, 0.3) is 5.56 Å². The Kier molecular flexibility index (Phi) is 4.80. The SMILES string of the molecule is CSc1nnc(C)c(=O)n1/N=C\c1cccc(Cl)c1Cl. The maximum atomic E-state index is 12.0. The third-order valence-corrected chi connectivity index (χ3v) is 3.90. The molecule has 2 aromatic rings. The summed E-state index contributed by atoms with van der Waals surface area (Å²) in [6, 6.07) is 5.19. The van der Waals surface area contributed by atoms with E-state index in [1.165, 1.54) is 22.7 Å². The van der Waals surface area contributed by atoms with E-state index in [1.54, 1.807) is 31.4 Å². The third-order valence-electron chi connectivity index (χ3n) is 2.44. The highest BCUT2D eigenvalue weighted by atomic mass is 35.5. The van der Waals surface area contributed by atoms with Crippen molar-refractivity contribution in [1.29, 1.82) is 0 Å². The second kappa shape index (κ2) is 6.39. The molecule has 0 fully saturated rings. The summed E-state index contributed by atoms with van der Waals surface area (Å²) in [6.07, 6.45) is 3.26. The smallest absolute Gasteiger partial charge is 0.265 e. The van der Waals surface area contributed by atoms with Gasteiger partial charge in [-0.3, -0.25) is 4.79 Å². The number of halogens is 2. The Balaban J connectivity index is 2.49. The van der Waals surface area contributed by atoms with Gasteiger partial charge >= 0.3 is 0 Å². The lowest BCUT2D eigenvalue weighted by molar-refractivity contribution is 0.635. The average molecular weight is 329 g/mol. The maximum absolute atomic E-state index is 12.0. The predicted molar refractivity (Wildman–Crippen MR) is 82.3 cm³/mol. The summed E-state index contributed by atoms with van der Waals surface area (Å²) in [6.45, 7) is 1.58. The second-order valence-electron chi connectivity index (χ2n) is 3.78. The van der Waals surface area contributed by atoms with Crippen LogP contribution in [0.4, 0.5) is 0 Å². The fourth-order valence-corrected chi connectivity index (χ4v) is 2.19. The van der Waals surface area contributed by atoms with Crippen molar-refractivity contribution in [2.45, 2.75) is 12.1 Å². The molecule has 0 saturated carbocycles. The molecule has 0 aliphatic rings. The highest BCUT2D eigenvalue weighted by molar-refractivity contribution is 7.98. The molecule has 0 saturated heterocycles. The highest BCUT2D eigenvalue weighted by Crippen LogP contribution is 2.24. The molecule has 1 heterocycles. The van der Waals surface area contributed by atoms with E-state index in [0.29, 0.717) is 20.8 Å². The number of thioether (sulfide) groups is 1. The summed E-state index contributed by atoms with van der Waals surface area (Å²) in [5.74, 6) is 0. The zero-order valence-corrected chi connectivity index (χ0v) is 13.0. The first kappa shape index (κ1) is 15.0. The van der Waals surface area contributed by atoms with Crippen LogP contribution in [-0.2, 0) is 0 Å². The topological polar surface area (TPSA) is 60.1 Å². The first-order chi connectivity index (χ1) is 9.54. The number of hydrogen-bond donors (Lipinski definition) is 0. The number of benzene rings is 1. The molecule has 0 spiro atoms. The molecule has 0 radical (unpaired) electrons. The molecule has 0 atom stereocenters. The van der Waals surface area contributed by atoms with Gasteiger partial charge < -0.3 is 0 Å². The van der Waals surface area contributed by atoms with E-state index in [-0.39, 0.29) is 11.3 Å². The van der Waals surface area contributed by atoms with Crippen molar-refractivity contribution >= 4 is 41.2 Å². The molecule has 0 aliphatic heterocycles. The van der Waals surface area contributed by atoms with E-state index < -0.39 is 0 Å². The van der Waals surface area contributed by atoms with E-state index in [2.05, 4.69) is 15.3 Å². The van der Waals surface area contributed by atoms with Gasteiger partial charge in [0.15, 0.2) is 0 Å². The molecule has 0 bridgehead atoms. The number of aryl methyl sites for hydroxylation is 1. The molecule has 0 amide bonds. The molecule has 104 valence electrons. The van der Waals surface area contributed by atoms with Gasteiger partial charge in [-0.25, -0.2) is 0 Å². The van der Waals surface area contributed by atoms with Crippen LogP contribution in [0.5, 0.6) is 0 Å². The van der Waals surface area contributed by atoms with Gasteiger partial charge in [0, 0.05) is 5.56 Å². The van der Waals surface area contributed by atoms with Crippen LogP contribution in [0.25, 0.3) is 0 Å². The van der Waals surface area contributed by atoms with Crippen LogP contribution in [0.3, 0.4) is 0 Å². The van der Waals surface area contributed by atoms with Gasteiger partial charge in [-0.1, -0.05) is 47.1 Å². The summed E-state index contributed by atoms with van der Waals surface area (Å²) in [4.78, 5) is 12.0. The van der Waals surface area contributed by atoms with Gasteiger partial charge in [0.05, 0.1) is 16.3 Å². The quantitative estimate of drug-likeness (QED) is 0.642. The molecule has 1 aromatic carbocycles. The Bertz CT molecular complexity index is 730. The van der Waals surface area contributed by atoms with Gasteiger partial charge in [0.1, 0.15) is 5.69 Å². The Morgan fingerprint density at radius 2 is 2.10 bits per heavy atom. The van der Waals surface area contributed by atoms with Crippen molar-refractivity contribution in [1.82, 2.24) is 14.9 Å². The van der Waals surface area contributed by atoms with Crippen LogP contribution in [-0.4, -0.2) is 27.3 Å². The summed E-state index contributed by atoms with van der Waals surface area (Å²) in [5, 5.41) is 13.0. The normalized spacial score (nSPS) is 11.2. The van der Waals surface area contributed by atoms with Crippen LogP contribution in [0, 0.1) is 6.92 Å². The van der Waals surface area contributed by atoms with Gasteiger partial charge in [-0.15, -0.1) is 10.2 Å². The Hall–Kier alpha value is -1.37. The summed E-state index contributed by atoms with van der Waals surface area (Å²) in [7, 11) is 0. The van der Waals surface area contributed by atoms with Gasteiger partial charge in [-0.05, 0) is 19.2 Å². The van der Waals surface area contributed by atoms with E-state index in [0.717, 1.165) is 0 Å². The van der Waals surface area contributed by atoms with Gasteiger partial charge in [-0.2, -0.15) is 9.78 Å². The van der Waals surface area contributed by atoms with Gasteiger partial charge in [0.2, 0.25) is 5.16 Å². The highest BCUT2D eigenvalue weighted by Gasteiger charge is 2.08. The van der Waals surface area contributed by atoms with Crippen LogP contribution >= 0.6 is 35.0 Å². The van der Waals surface area contributed by atoms with E-state index in [9.17, 15) is 4.79 Å². The van der Waals surface area contributed by atoms with Crippen molar-refractivity contribution < 1.29 is 0 Å². The lowest BCUT2D eigenvalue weighted by Crippen LogP contribution is -2.23. The number of aromatic nitrogens is 3. The lowest BCUT2D eigenvalue weighted by atomic mass is 10.2. The molecule has 2 rings (SSSR count). The predicted octanol–water partition coefficient (Wildman–Crippen LogP) is 2.86. The van der Waals surface area contributed by atoms with Crippen molar-refractivity contribution in [2.75, 3.05) is 6.26 Å². The summed E-state index contributed by atoms with van der Waals surface area (Å²) >= 11 is 13.3. The number of hydrogen-bond acceptors (Lipinski definition) is 5. The zero-order chi connectivity index (χ0) is 14.7. The molecule has 1 aromatic heterocycles. The monoisotopic (exact) mass is 328 g/mol. The minimum atomic E-state index is -0.321. The van der Waals surface area contributed by atoms with Crippen LogP contribution in [0.2, 0.25) is 10.0 Å². The van der Waals surface area contributed by atoms with Crippen molar-refractivity contribution in [3.05, 3.63) is 49.9 Å². The van der Waals surface area contributed by atoms with Crippen LogP contribution < -0.4 is 5.56 Å². The van der Waals surface area contributed by atoms with E-state index in [4.69, 9.17) is 23.2 Å². The van der Waals surface area contributed by atoms with Crippen molar-refractivity contribution in [2.24, 2.45) is 5.10 Å². The Morgan fingerprint density at radius 1 is 1.35 bits per heavy atom. The first-order valence-electron chi connectivity index (χ1n) is 5.53. The average Bonchev–Trinajstić information content (AvgIpc) is 2.44. The van der Waals surface area contributed by atoms with E-state index >= 15 is 0 Å². The number of rotatable bonds is 3. The van der Waals surface area contributed by atoms with Crippen molar-refractivity contribution in [3.63, 3.8) is 0 Å². The number of nitrogens with zero attached hydrogens (tertiary/aromatic N) is 4. The van der Waals surface area contributed by atoms with Crippen LogP contribution in [0.1, 0.15) is 11.3 Å². The largest absolute Gasteiger partial charge is 0.296 e. The molecular weight excluding hydrogens is 319 g/mol. The van der Waals surface area contributed by atoms with Crippen molar-refractivity contribution in [3.8, 4) is 0 Å². The molecule has 0 aliphatic carbocycles. The zero-order valence-electron chi connectivity index (χ0n) is 10.7. The third kappa shape index (κ3) is 3.03. The fraction of sp³-hybridized carbons (Fsp3) is 0.167. The molecule has 0 N–H and O–H groups in total. The fourth-order valence-electron chi connectivity index (χ4n) is 1.41. The molecule has 20 heavy (non-hydrogen) atoms. The molecule has 0 unspecified atom stereocenters. The standard InChI is InChI=1S/C12H10Cl2N4OS/c1-7-11(19)18(12(20-2)17-16-7)15-6-8-4-3-5-9(13)10(8)14/h3-6H,1-2H3/b15-6-. The Morgan fingerprint density at radius 3 is 2.80 bits per heavy atom. The molecular formula is C12H10Cl2N4OS. The van der Waals surface area contributed by atoms with Crippen LogP contribution in [0.15, 0.2) is 33.3 Å². The first-order valence-corrected chi connectivity index (χ1v) is 7.51. The summed E-state index contributed by atoms with van der Waals surface area (Å²) < 4.78 is 1.18.